The first-order chi connectivity index (χ1) is 8.08. The molecule has 0 aliphatic heterocycles. The number of nitrogens with two attached hydrogens (primary N) is 1. The quantitative estimate of drug-likeness (QED) is 0.769. The van der Waals surface area contributed by atoms with Gasteiger partial charge in [-0.3, -0.25) is 14.9 Å². The Morgan fingerprint density at radius 2 is 2.18 bits per heavy atom. The summed E-state index contributed by atoms with van der Waals surface area (Å²) in [6, 6.07) is 3.38. The van der Waals surface area contributed by atoms with E-state index in [1.807, 2.05) is 0 Å². The minimum Gasteiger partial charge on any atom is -0.491 e. The number of ether oxygens (including phenoxy) is 1. The molecule has 1 rings (SSSR count). The van der Waals surface area contributed by atoms with Crippen LogP contribution in [0.15, 0.2) is 12.1 Å². The fourth-order valence-electron chi connectivity index (χ4n) is 1.22. The third-order valence-electron chi connectivity index (χ3n) is 1.95. The zero-order chi connectivity index (χ0) is 12.8. The van der Waals surface area contributed by atoms with Crippen molar-refractivity contribution in [1.29, 1.82) is 0 Å². The second-order valence-corrected chi connectivity index (χ2v) is 3.31. The highest BCUT2D eigenvalue weighted by Crippen LogP contribution is 2.16. The molecule has 0 spiro atoms. The first kappa shape index (κ1) is 13.1. The molecule has 0 saturated heterocycles. The second-order valence-electron chi connectivity index (χ2n) is 3.31. The highest BCUT2D eigenvalue weighted by atomic mass is 16.5. The minimum atomic E-state index is -0.604. The summed E-state index contributed by atoms with van der Waals surface area (Å²) in [6.07, 6.45) is 0. The van der Waals surface area contributed by atoms with Crippen molar-refractivity contribution in [3.05, 3.63) is 23.5 Å². The summed E-state index contributed by atoms with van der Waals surface area (Å²) in [7, 11) is 0. The number of pyridine rings is 1. The van der Waals surface area contributed by atoms with Crippen LogP contribution in [0.5, 0.6) is 5.75 Å². The number of nitrogens with one attached hydrogen (secondary N) is 1. The Bertz CT molecular complexity index is 432. The van der Waals surface area contributed by atoms with E-state index in [1.54, 1.807) is 26.0 Å². The summed E-state index contributed by atoms with van der Waals surface area (Å²) < 4.78 is 5.26. The van der Waals surface area contributed by atoms with E-state index in [0.717, 1.165) is 0 Å². The summed E-state index contributed by atoms with van der Waals surface area (Å²) in [5.74, 6) is -0.811. The molecule has 0 aromatic carbocycles. The molecule has 2 amide bonds. The van der Waals surface area contributed by atoms with Crippen LogP contribution in [0.2, 0.25) is 0 Å². The number of carbonyl (C=O) groups excluding carboxylic acids is 2. The van der Waals surface area contributed by atoms with Gasteiger partial charge in [0.05, 0.1) is 13.2 Å². The van der Waals surface area contributed by atoms with Crippen LogP contribution in [0.3, 0.4) is 0 Å². The molecule has 0 aliphatic rings. The maximum Gasteiger partial charge on any atom is 0.280 e. The Hall–Kier alpha value is -1.95. The van der Waals surface area contributed by atoms with Gasteiger partial charge in [-0.2, -0.15) is 0 Å². The van der Waals surface area contributed by atoms with Gasteiger partial charge < -0.3 is 10.5 Å². The number of aromatic nitrogens is 1. The van der Waals surface area contributed by atoms with Gasteiger partial charge in [-0.1, -0.05) is 0 Å². The molecule has 1 aromatic heterocycles. The molecule has 6 heteroatoms. The van der Waals surface area contributed by atoms with Crippen LogP contribution in [-0.2, 0) is 4.79 Å². The lowest BCUT2D eigenvalue weighted by Gasteiger charge is -2.09. The van der Waals surface area contributed by atoms with Gasteiger partial charge in [-0.05, 0) is 26.0 Å². The molecule has 17 heavy (non-hydrogen) atoms. The van der Waals surface area contributed by atoms with Crippen molar-refractivity contribution in [3.8, 4) is 5.75 Å². The lowest BCUT2D eigenvalue weighted by atomic mass is 10.2. The first-order valence-electron chi connectivity index (χ1n) is 5.23. The molecular formula is C11H15N3O3. The fourth-order valence-corrected chi connectivity index (χ4v) is 1.22. The van der Waals surface area contributed by atoms with E-state index >= 15 is 0 Å². The highest BCUT2D eigenvalue weighted by molar-refractivity contribution is 6.05. The normalized spacial score (nSPS) is 9.82. The molecular weight excluding hydrogens is 222 g/mol. The summed E-state index contributed by atoms with van der Waals surface area (Å²) in [5.41, 5.74) is 5.87. The van der Waals surface area contributed by atoms with E-state index in [4.69, 9.17) is 10.5 Å². The molecule has 0 unspecified atom stereocenters. The number of imide groups is 1. The van der Waals surface area contributed by atoms with Gasteiger partial charge in [-0.15, -0.1) is 0 Å². The Labute approximate surface area is 99.2 Å². The fraction of sp³-hybridized carbons (Fsp3) is 0.364. The van der Waals surface area contributed by atoms with Gasteiger partial charge >= 0.3 is 0 Å². The molecule has 1 heterocycles. The molecule has 0 radical (unpaired) electrons. The Kier molecular flexibility index (Phi) is 4.59. The lowest BCUT2D eigenvalue weighted by molar-refractivity contribution is -0.118. The topological polar surface area (TPSA) is 94.3 Å². The SMILES string of the molecule is CCOc1ccc(C)nc1C(=O)NC(=O)CN. The zero-order valence-corrected chi connectivity index (χ0v) is 9.82. The number of rotatable bonds is 4. The van der Waals surface area contributed by atoms with Crippen molar-refractivity contribution in [1.82, 2.24) is 10.3 Å². The van der Waals surface area contributed by atoms with Gasteiger partial charge in [0.2, 0.25) is 5.91 Å². The summed E-state index contributed by atoms with van der Waals surface area (Å²) in [6.45, 7) is 3.71. The van der Waals surface area contributed by atoms with Crippen LogP contribution in [0.4, 0.5) is 0 Å². The monoisotopic (exact) mass is 237 g/mol. The van der Waals surface area contributed by atoms with Crippen molar-refractivity contribution < 1.29 is 14.3 Å². The molecule has 6 nitrogen and oxygen atoms in total. The predicted molar refractivity (Wildman–Crippen MR) is 61.7 cm³/mol. The number of carbonyl (C=O) groups is 2. The van der Waals surface area contributed by atoms with E-state index in [0.29, 0.717) is 18.1 Å². The van der Waals surface area contributed by atoms with Crippen molar-refractivity contribution >= 4 is 11.8 Å². The number of hydrogen-bond donors (Lipinski definition) is 2. The van der Waals surface area contributed by atoms with E-state index in [-0.39, 0.29) is 12.2 Å². The zero-order valence-electron chi connectivity index (χ0n) is 9.82. The van der Waals surface area contributed by atoms with Crippen molar-refractivity contribution in [2.24, 2.45) is 5.73 Å². The largest absolute Gasteiger partial charge is 0.491 e. The highest BCUT2D eigenvalue weighted by Gasteiger charge is 2.16. The Balaban J connectivity index is 2.97. The molecule has 0 saturated carbocycles. The van der Waals surface area contributed by atoms with Crippen LogP contribution in [-0.4, -0.2) is 29.9 Å². The van der Waals surface area contributed by atoms with Crippen LogP contribution >= 0.6 is 0 Å². The van der Waals surface area contributed by atoms with Crippen LogP contribution in [0.25, 0.3) is 0 Å². The van der Waals surface area contributed by atoms with E-state index in [2.05, 4.69) is 10.3 Å². The number of hydrogen-bond acceptors (Lipinski definition) is 5. The van der Waals surface area contributed by atoms with Crippen molar-refractivity contribution in [2.45, 2.75) is 13.8 Å². The van der Waals surface area contributed by atoms with Gasteiger partial charge in [0.25, 0.3) is 5.91 Å². The molecule has 0 atom stereocenters. The second kappa shape index (κ2) is 5.95. The van der Waals surface area contributed by atoms with Crippen LogP contribution < -0.4 is 15.8 Å². The molecule has 0 fully saturated rings. The summed E-state index contributed by atoms with van der Waals surface area (Å²) in [4.78, 5) is 26.8. The minimum absolute atomic E-state index is 0.0913. The standard InChI is InChI=1S/C11H15N3O3/c1-3-17-8-5-4-7(2)13-10(8)11(16)14-9(15)6-12/h4-5H,3,6,12H2,1-2H3,(H,14,15,16). The maximum absolute atomic E-state index is 11.7. The number of aryl methyl sites for hydroxylation is 1. The first-order valence-corrected chi connectivity index (χ1v) is 5.23. The van der Waals surface area contributed by atoms with Crippen molar-refractivity contribution in [2.75, 3.05) is 13.2 Å². The lowest BCUT2D eigenvalue weighted by Crippen LogP contribution is -2.36. The third-order valence-corrected chi connectivity index (χ3v) is 1.95. The van der Waals surface area contributed by atoms with Crippen LogP contribution in [0.1, 0.15) is 23.1 Å². The third kappa shape index (κ3) is 3.53. The van der Waals surface area contributed by atoms with Crippen molar-refractivity contribution in [3.63, 3.8) is 0 Å². The maximum atomic E-state index is 11.7. The molecule has 0 bridgehead atoms. The Morgan fingerprint density at radius 3 is 2.76 bits per heavy atom. The molecule has 1 aromatic rings. The average Bonchev–Trinajstić information content (AvgIpc) is 2.31. The summed E-state index contributed by atoms with van der Waals surface area (Å²) >= 11 is 0. The van der Waals surface area contributed by atoms with Gasteiger partial charge in [0, 0.05) is 5.69 Å². The van der Waals surface area contributed by atoms with E-state index in [9.17, 15) is 9.59 Å². The predicted octanol–water partition coefficient (Wildman–Crippen LogP) is 0.00382. The molecule has 92 valence electrons. The number of amides is 2. The average molecular weight is 237 g/mol. The van der Waals surface area contributed by atoms with Gasteiger partial charge in [-0.25, -0.2) is 4.98 Å². The van der Waals surface area contributed by atoms with Gasteiger partial charge in [0.1, 0.15) is 0 Å². The van der Waals surface area contributed by atoms with E-state index in [1.165, 1.54) is 0 Å². The van der Waals surface area contributed by atoms with Crippen LogP contribution in [0, 0.1) is 6.92 Å². The molecule has 3 N–H and O–H groups in total. The Morgan fingerprint density at radius 1 is 1.47 bits per heavy atom. The number of nitrogens with zero attached hydrogens (tertiary/aromatic N) is 1. The van der Waals surface area contributed by atoms with Gasteiger partial charge in [0.15, 0.2) is 11.4 Å². The smallest absolute Gasteiger partial charge is 0.280 e. The molecule has 0 aliphatic carbocycles. The van der Waals surface area contributed by atoms with E-state index < -0.39 is 11.8 Å². The summed E-state index contributed by atoms with van der Waals surface area (Å²) in [5, 5.41) is 2.13.